The van der Waals surface area contributed by atoms with E-state index in [9.17, 15) is 17.8 Å². The van der Waals surface area contributed by atoms with E-state index < -0.39 is 21.2 Å². The highest BCUT2D eigenvalue weighted by Gasteiger charge is 2.32. The van der Waals surface area contributed by atoms with E-state index in [-0.39, 0.29) is 12.0 Å². The Bertz CT molecular complexity index is 1080. The van der Waals surface area contributed by atoms with Crippen LogP contribution in [0.25, 0.3) is 0 Å². The average molecular weight is 431 g/mol. The number of carbonyl (C=O) groups is 1. The molecule has 0 saturated carbocycles. The third kappa shape index (κ3) is 5.67. The van der Waals surface area contributed by atoms with Crippen molar-refractivity contribution in [2.45, 2.75) is 18.3 Å². The lowest BCUT2D eigenvalue weighted by atomic mass is 10.0. The molecule has 1 atom stereocenters. The van der Waals surface area contributed by atoms with Gasteiger partial charge in [-0.25, -0.2) is 0 Å². The summed E-state index contributed by atoms with van der Waals surface area (Å²) < 4.78 is 38.8. The zero-order valence-electron chi connectivity index (χ0n) is 15.4. The van der Waals surface area contributed by atoms with Gasteiger partial charge in [-0.3, -0.25) is 9.35 Å². The van der Waals surface area contributed by atoms with Crippen molar-refractivity contribution in [2.75, 3.05) is 0 Å². The second-order valence-electron chi connectivity index (χ2n) is 6.49. The first-order valence-electron chi connectivity index (χ1n) is 8.83. The van der Waals surface area contributed by atoms with Gasteiger partial charge in [0.1, 0.15) is 12.4 Å². The first kappa shape index (κ1) is 21.0. The molecule has 0 bridgehead atoms. The smallest absolute Gasteiger partial charge is 0.279 e. The molecule has 1 unspecified atom stereocenters. The van der Waals surface area contributed by atoms with E-state index in [1.807, 2.05) is 30.3 Å². The maximum absolute atomic E-state index is 12.7. The Morgan fingerprint density at radius 2 is 1.55 bits per heavy atom. The summed E-state index contributed by atoms with van der Waals surface area (Å²) in [5.74, 6) is -0.186. The molecule has 0 heterocycles. The van der Waals surface area contributed by atoms with Crippen LogP contribution in [-0.2, 0) is 27.9 Å². The molecule has 1 N–H and O–H groups in total. The lowest BCUT2D eigenvalue weighted by Gasteiger charge is -2.14. The van der Waals surface area contributed by atoms with E-state index in [1.165, 1.54) is 12.1 Å². The first-order valence-corrected chi connectivity index (χ1v) is 10.7. The predicted molar refractivity (Wildman–Crippen MR) is 112 cm³/mol. The van der Waals surface area contributed by atoms with Gasteiger partial charge >= 0.3 is 0 Å². The Morgan fingerprint density at radius 1 is 0.931 bits per heavy atom. The van der Waals surface area contributed by atoms with Gasteiger partial charge in [-0.2, -0.15) is 8.42 Å². The van der Waals surface area contributed by atoms with Gasteiger partial charge in [0, 0.05) is 6.42 Å². The van der Waals surface area contributed by atoms with E-state index in [1.54, 1.807) is 36.4 Å². The normalized spacial score (nSPS) is 12.3. The summed E-state index contributed by atoms with van der Waals surface area (Å²) in [5, 5.41) is -1.33. The number of ether oxygens (including phenoxy) is 1. The van der Waals surface area contributed by atoms with Crippen LogP contribution in [0.5, 0.6) is 5.75 Å². The van der Waals surface area contributed by atoms with Crippen LogP contribution in [0, 0.1) is 0 Å². The fourth-order valence-corrected chi connectivity index (χ4v) is 4.13. The summed E-state index contributed by atoms with van der Waals surface area (Å²) in [6.45, 7) is 0.345. The van der Waals surface area contributed by atoms with Crippen molar-refractivity contribution in [1.29, 1.82) is 0 Å². The number of hydrogen-bond donors (Lipinski definition) is 1. The number of ketones is 1. The van der Waals surface area contributed by atoms with Gasteiger partial charge in [0.15, 0.2) is 11.0 Å². The maximum Gasteiger partial charge on any atom is 0.279 e. The quantitative estimate of drug-likeness (QED) is 0.525. The van der Waals surface area contributed by atoms with Gasteiger partial charge in [-0.1, -0.05) is 78.3 Å². The van der Waals surface area contributed by atoms with E-state index in [0.717, 1.165) is 5.56 Å². The van der Waals surface area contributed by atoms with Crippen molar-refractivity contribution in [3.8, 4) is 5.75 Å². The highest BCUT2D eigenvalue weighted by atomic mass is 35.5. The third-order valence-corrected chi connectivity index (χ3v) is 5.73. The van der Waals surface area contributed by atoms with E-state index in [2.05, 4.69) is 0 Å². The number of benzene rings is 3. The molecule has 5 nitrogen and oxygen atoms in total. The molecule has 0 saturated heterocycles. The van der Waals surface area contributed by atoms with Gasteiger partial charge in [0.2, 0.25) is 0 Å². The zero-order valence-corrected chi connectivity index (χ0v) is 16.9. The molecule has 0 aromatic heterocycles. The topological polar surface area (TPSA) is 80.7 Å². The molecule has 0 radical (unpaired) electrons. The summed E-state index contributed by atoms with van der Waals surface area (Å²) in [6.07, 6.45) is -0.196. The third-order valence-electron chi connectivity index (χ3n) is 4.30. The Hall–Kier alpha value is -2.67. The highest BCUT2D eigenvalue weighted by Crippen LogP contribution is 2.29. The Morgan fingerprint density at radius 3 is 2.14 bits per heavy atom. The molecule has 3 aromatic rings. The summed E-state index contributed by atoms with van der Waals surface area (Å²) in [5.41, 5.74) is 1.73. The zero-order chi connectivity index (χ0) is 20.9. The van der Waals surface area contributed by atoms with Crippen molar-refractivity contribution in [3.63, 3.8) is 0 Å². The molecule has 0 aliphatic heterocycles. The number of rotatable bonds is 8. The fourth-order valence-electron chi connectivity index (χ4n) is 2.95. The van der Waals surface area contributed by atoms with Crippen molar-refractivity contribution in [3.05, 3.63) is 101 Å². The van der Waals surface area contributed by atoms with Crippen LogP contribution in [0.2, 0.25) is 5.02 Å². The van der Waals surface area contributed by atoms with E-state index in [0.29, 0.717) is 22.9 Å². The van der Waals surface area contributed by atoms with Crippen molar-refractivity contribution in [1.82, 2.24) is 0 Å². The average Bonchev–Trinajstić information content (AvgIpc) is 2.68. The molecule has 3 rings (SSSR count). The van der Waals surface area contributed by atoms with Crippen molar-refractivity contribution < 1.29 is 22.5 Å². The molecular weight excluding hydrogens is 412 g/mol. The van der Waals surface area contributed by atoms with Gasteiger partial charge in [-0.15, -0.1) is 0 Å². The number of Topliss-reactive ketones (excluding diaryl/α,β-unsaturated/α-hetero) is 1. The van der Waals surface area contributed by atoms with E-state index >= 15 is 0 Å². The minimum atomic E-state index is -4.60. The van der Waals surface area contributed by atoms with Crippen LogP contribution < -0.4 is 4.74 Å². The summed E-state index contributed by atoms with van der Waals surface area (Å²) >= 11 is 6.26. The molecule has 150 valence electrons. The monoisotopic (exact) mass is 430 g/mol. The molecule has 0 aliphatic carbocycles. The van der Waals surface area contributed by atoms with Gasteiger partial charge in [-0.05, 0) is 28.8 Å². The SMILES string of the molecule is O=C(Cc1ccc(OCc2ccccc2)c(Cl)c1)C(c1ccccc1)S(=O)(=O)O. The second-order valence-corrected chi connectivity index (χ2v) is 8.40. The lowest BCUT2D eigenvalue weighted by Crippen LogP contribution is -2.23. The van der Waals surface area contributed by atoms with Crippen LogP contribution in [0.3, 0.4) is 0 Å². The van der Waals surface area contributed by atoms with Crippen LogP contribution >= 0.6 is 11.6 Å². The summed E-state index contributed by atoms with van der Waals surface area (Å²) in [7, 11) is -4.60. The van der Waals surface area contributed by atoms with Crippen molar-refractivity contribution >= 4 is 27.5 Å². The van der Waals surface area contributed by atoms with Crippen LogP contribution in [0.1, 0.15) is 21.9 Å². The summed E-state index contributed by atoms with van der Waals surface area (Å²) in [4.78, 5) is 12.7. The molecular formula is C22H19ClO5S. The maximum atomic E-state index is 12.7. The van der Waals surface area contributed by atoms with Crippen molar-refractivity contribution in [2.24, 2.45) is 0 Å². The molecule has 0 spiro atoms. The second kappa shape index (κ2) is 9.22. The van der Waals surface area contributed by atoms with Crippen LogP contribution in [-0.4, -0.2) is 18.8 Å². The lowest BCUT2D eigenvalue weighted by molar-refractivity contribution is -0.118. The molecule has 0 amide bonds. The summed E-state index contributed by atoms with van der Waals surface area (Å²) in [6, 6.07) is 22.3. The Kier molecular flexibility index (Phi) is 6.69. The predicted octanol–water partition coefficient (Wildman–Crippen LogP) is 4.66. The van der Waals surface area contributed by atoms with Gasteiger partial charge in [0.05, 0.1) is 5.02 Å². The Labute approximate surface area is 174 Å². The fraction of sp³-hybridized carbons (Fsp3) is 0.136. The van der Waals surface area contributed by atoms with Crippen LogP contribution in [0.15, 0.2) is 78.9 Å². The van der Waals surface area contributed by atoms with E-state index in [4.69, 9.17) is 16.3 Å². The molecule has 3 aromatic carbocycles. The highest BCUT2D eigenvalue weighted by molar-refractivity contribution is 7.86. The molecule has 7 heteroatoms. The number of carbonyl (C=O) groups excluding carboxylic acids is 1. The minimum absolute atomic E-state index is 0.196. The number of halogens is 1. The Balaban J connectivity index is 1.74. The first-order chi connectivity index (χ1) is 13.8. The molecule has 29 heavy (non-hydrogen) atoms. The standard InChI is InChI=1S/C22H19ClO5S/c23-19-13-17(11-12-21(19)28-15-16-7-3-1-4-8-16)14-20(24)22(29(25,26)27)18-9-5-2-6-10-18/h1-13,22H,14-15H2,(H,25,26,27). The largest absolute Gasteiger partial charge is 0.487 e. The minimum Gasteiger partial charge on any atom is -0.487 e. The molecule has 0 aliphatic rings. The van der Waals surface area contributed by atoms with Gasteiger partial charge < -0.3 is 4.74 Å². The molecule has 0 fully saturated rings. The van der Waals surface area contributed by atoms with Gasteiger partial charge in [0.25, 0.3) is 10.1 Å². The van der Waals surface area contributed by atoms with Crippen LogP contribution in [0.4, 0.5) is 0 Å². The number of hydrogen-bond acceptors (Lipinski definition) is 4.